The third-order valence-corrected chi connectivity index (χ3v) is 4.83. The summed E-state index contributed by atoms with van der Waals surface area (Å²) in [5.41, 5.74) is 7.31. The molecule has 1 aliphatic carbocycles. The molecule has 2 atom stereocenters. The average molecular weight is 333 g/mol. The standard InChI is InChI=1S/C17H21ClN4O/c18-15-6-2-1-4-13(15)10-22-11-14(9-20-22)17(23)21-16-7-3-5-12(16)8-19/h1-2,4,6,9,11-12,16H,3,5,7-8,10,19H2,(H,21,23). The highest BCUT2D eigenvalue weighted by molar-refractivity contribution is 6.31. The summed E-state index contributed by atoms with van der Waals surface area (Å²) in [6.45, 7) is 1.17. The maximum atomic E-state index is 12.4. The van der Waals surface area contributed by atoms with Crippen LogP contribution in [0.15, 0.2) is 36.7 Å². The van der Waals surface area contributed by atoms with Gasteiger partial charge in [0.15, 0.2) is 0 Å². The van der Waals surface area contributed by atoms with E-state index in [9.17, 15) is 4.79 Å². The number of aromatic nitrogens is 2. The minimum Gasteiger partial charge on any atom is -0.349 e. The van der Waals surface area contributed by atoms with E-state index in [0.29, 0.717) is 29.6 Å². The summed E-state index contributed by atoms with van der Waals surface area (Å²) in [5, 5.41) is 8.05. The Morgan fingerprint density at radius 1 is 1.39 bits per heavy atom. The van der Waals surface area contributed by atoms with Crippen molar-refractivity contribution in [2.75, 3.05) is 6.54 Å². The molecule has 0 radical (unpaired) electrons. The zero-order valence-corrected chi connectivity index (χ0v) is 13.7. The number of hydrogen-bond donors (Lipinski definition) is 2. The van der Waals surface area contributed by atoms with Crippen LogP contribution in [0.1, 0.15) is 35.2 Å². The minimum absolute atomic E-state index is 0.0826. The first-order valence-electron chi connectivity index (χ1n) is 7.94. The van der Waals surface area contributed by atoms with Crippen LogP contribution in [0.3, 0.4) is 0 Å². The quantitative estimate of drug-likeness (QED) is 0.883. The van der Waals surface area contributed by atoms with Gasteiger partial charge in [-0.25, -0.2) is 0 Å². The topological polar surface area (TPSA) is 72.9 Å². The lowest BCUT2D eigenvalue weighted by Crippen LogP contribution is -2.39. The second kappa shape index (κ2) is 7.15. The third-order valence-electron chi connectivity index (χ3n) is 4.46. The van der Waals surface area contributed by atoms with Gasteiger partial charge in [0.2, 0.25) is 0 Å². The molecule has 6 heteroatoms. The molecule has 1 aromatic carbocycles. The predicted octanol–water partition coefficient (Wildman–Crippen LogP) is 2.44. The highest BCUT2D eigenvalue weighted by Gasteiger charge is 2.27. The van der Waals surface area contributed by atoms with Gasteiger partial charge in [0.05, 0.1) is 18.3 Å². The molecule has 122 valence electrons. The third kappa shape index (κ3) is 3.74. The monoisotopic (exact) mass is 332 g/mol. The first-order chi connectivity index (χ1) is 11.2. The van der Waals surface area contributed by atoms with Gasteiger partial charge in [-0.15, -0.1) is 0 Å². The number of nitrogens with one attached hydrogen (secondary N) is 1. The Hall–Kier alpha value is -1.85. The van der Waals surface area contributed by atoms with Crippen molar-refractivity contribution >= 4 is 17.5 Å². The highest BCUT2D eigenvalue weighted by Crippen LogP contribution is 2.24. The molecular formula is C17H21ClN4O. The molecule has 3 N–H and O–H groups in total. The summed E-state index contributed by atoms with van der Waals surface area (Å²) < 4.78 is 1.73. The van der Waals surface area contributed by atoms with Crippen LogP contribution in [0.2, 0.25) is 5.02 Å². The van der Waals surface area contributed by atoms with Gasteiger partial charge in [0.25, 0.3) is 5.91 Å². The number of carbonyl (C=O) groups is 1. The van der Waals surface area contributed by atoms with Crippen LogP contribution in [-0.2, 0) is 6.54 Å². The SMILES string of the molecule is NCC1CCCC1NC(=O)c1cnn(Cc2ccccc2Cl)c1. The predicted molar refractivity (Wildman–Crippen MR) is 90.4 cm³/mol. The first kappa shape index (κ1) is 16.0. The zero-order chi connectivity index (χ0) is 16.2. The Morgan fingerprint density at radius 2 is 2.22 bits per heavy atom. The second-order valence-corrected chi connectivity index (χ2v) is 6.43. The van der Waals surface area contributed by atoms with Crippen molar-refractivity contribution in [2.24, 2.45) is 11.7 Å². The van der Waals surface area contributed by atoms with E-state index in [0.717, 1.165) is 24.8 Å². The molecule has 5 nitrogen and oxygen atoms in total. The fraction of sp³-hybridized carbons (Fsp3) is 0.412. The molecule has 1 fully saturated rings. The molecule has 0 aliphatic heterocycles. The van der Waals surface area contributed by atoms with Gasteiger partial charge in [-0.05, 0) is 36.9 Å². The molecule has 1 saturated carbocycles. The maximum absolute atomic E-state index is 12.4. The molecule has 0 bridgehead atoms. The Labute approximate surface area is 140 Å². The first-order valence-corrected chi connectivity index (χ1v) is 8.32. The van der Waals surface area contributed by atoms with E-state index in [1.165, 1.54) is 0 Å². The lowest BCUT2D eigenvalue weighted by atomic mass is 10.0. The molecule has 2 aromatic rings. The number of nitrogens with two attached hydrogens (primary N) is 1. The number of halogens is 1. The normalized spacial score (nSPS) is 20.6. The van der Waals surface area contributed by atoms with Crippen LogP contribution in [0.4, 0.5) is 0 Å². The summed E-state index contributed by atoms with van der Waals surface area (Å²) in [6.07, 6.45) is 6.57. The minimum atomic E-state index is -0.0826. The van der Waals surface area contributed by atoms with Crippen molar-refractivity contribution in [1.29, 1.82) is 0 Å². The molecule has 1 aromatic heterocycles. The van der Waals surface area contributed by atoms with Crippen molar-refractivity contribution in [3.05, 3.63) is 52.8 Å². The smallest absolute Gasteiger partial charge is 0.254 e. The Bertz CT molecular complexity index is 685. The van der Waals surface area contributed by atoms with Crippen molar-refractivity contribution < 1.29 is 4.79 Å². The van der Waals surface area contributed by atoms with E-state index in [1.54, 1.807) is 17.1 Å². The summed E-state index contributed by atoms with van der Waals surface area (Å²) >= 11 is 6.16. The molecule has 1 aliphatic rings. The van der Waals surface area contributed by atoms with E-state index in [4.69, 9.17) is 17.3 Å². The van der Waals surface area contributed by atoms with Crippen molar-refractivity contribution in [3.8, 4) is 0 Å². The van der Waals surface area contributed by atoms with Crippen LogP contribution >= 0.6 is 11.6 Å². The van der Waals surface area contributed by atoms with E-state index < -0.39 is 0 Å². The fourth-order valence-corrected chi connectivity index (χ4v) is 3.32. The van der Waals surface area contributed by atoms with Gasteiger partial charge < -0.3 is 11.1 Å². The van der Waals surface area contributed by atoms with Gasteiger partial charge in [-0.2, -0.15) is 5.10 Å². The van der Waals surface area contributed by atoms with Gasteiger partial charge in [-0.1, -0.05) is 36.2 Å². The van der Waals surface area contributed by atoms with E-state index in [2.05, 4.69) is 10.4 Å². The van der Waals surface area contributed by atoms with Gasteiger partial charge in [0, 0.05) is 17.3 Å². The summed E-state index contributed by atoms with van der Waals surface area (Å²) in [5.74, 6) is 0.304. The zero-order valence-electron chi connectivity index (χ0n) is 12.9. The van der Waals surface area contributed by atoms with E-state index >= 15 is 0 Å². The van der Waals surface area contributed by atoms with Crippen LogP contribution < -0.4 is 11.1 Å². The van der Waals surface area contributed by atoms with Crippen LogP contribution in [-0.4, -0.2) is 28.3 Å². The lowest BCUT2D eigenvalue weighted by molar-refractivity contribution is 0.0928. The molecular weight excluding hydrogens is 312 g/mol. The summed E-state index contributed by atoms with van der Waals surface area (Å²) in [6, 6.07) is 7.81. The Kier molecular flexibility index (Phi) is 4.98. The maximum Gasteiger partial charge on any atom is 0.254 e. The van der Waals surface area contributed by atoms with E-state index in [-0.39, 0.29) is 11.9 Å². The largest absolute Gasteiger partial charge is 0.349 e. The van der Waals surface area contributed by atoms with Gasteiger partial charge in [0.1, 0.15) is 0 Å². The van der Waals surface area contributed by atoms with Crippen LogP contribution in [0.25, 0.3) is 0 Å². The highest BCUT2D eigenvalue weighted by atomic mass is 35.5. The van der Waals surface area contributed by atoms with E-state index in [1.807, 2.05) is 24.3 Å². The number of benzene rings is 1. The van der Waals surface area contributed by atoms with Crippen molar-refractivity contribution in [1.82, 2.24) is 15.1 Å². The molecule has 0 spiro atoms. The molecule has 0 saturated heterocycles. The number of nitrogens with zero attached hydrogens (tertiary/aromatic N) is 2. The Balaban J connectivity index is 1.64. The van der Waals surface area contributed by atoms with Crippen molar-refractivity contribution in [2.45, 2.75) is 31.8 Å². The number of carbonyl (C=O) groups excluding carboxylic acids is 1. The molecule has 2 unspecified atom stereocenters. The van der Waals surface area contributed by atoms with Gasteiger partial charge in [-0.3, -0.25) is 9.48 Å². The molecule has 23 heavy (non-hydrogen) atoms. The molecule has 3 rings (SSSR count). The van der Waals surface area contributed by atoms with Gasteiger partial charge >= 0.3 is 0 Å². The van der Waals surface area contributed by atoms with Crippen LogP contribution in [0, 0.1) is 5.92 Å². The second-order valence-electron chi connectivity index (χ2n) is 6.02. The molecule has 1 amide bonds. The van der Waals surface area contributed by atoms with Crippen LogP contribution in [0.5, 0.6) is 0 Å². The summed E-state index contributed by atoms with van der Waals surface area (Å²) in [7, 11) is 0. The lowest BCUT2D eigenvalue weighted by Gasteiger charge is -2.18. The van der Waals surface area contributed by atoms with Crippen molar-refractivity contribution in [3.63, 3.8) is 0 Å². The fourth-order valence-electron chi connectivity index (χ4n) is 3.13. The summed E-state index contributed by atoms with van der Waals surface area (Å²) in [4.78, 5) is 12.4. The average Bonchev–Trinajstić information content (AvgIpc) is 3.18. The number of amides is 1. The number of rotatable bonds is 5. The number of hydrogen-bond acceptors (Lipinski definition) is 3. The molecule has 1 heterocycles. The Morgan fingerprint density at radius 3 is 3.00 bits per heavy atom.